The summed E-state index contributed by atoms with van der Waals surface area (Å²) in [5.74, 6) is -1.12. The monoisotopic (exact) mass is 411 g/mol. The van der Waals surface area contributed by atoms with Gasteiger partial charge in [-0.15, -0.1) is 0 Å². The standard InChI is InChI=1S/C22H16F3N3O2/c23-22(24,25)16-4-3-5-17(14-16)27-21(30)18-6-1-2-7-19(18)28-20(29)9-8-15-10-12-26-13-11-15/h1-14H,(H,27,30)(H,28,29). The lowest BCUT2D eigenvalue weighted by molar-refractivity contribution is -0.137. The molecular weight excluding hydrogens is 395 g/mol. The molecule has 0 aliphatic carbocycles. The number of alkyl halides is 3. The topological polar surface area (TPSA) is 71.1 Å². The van der Waals surface area contributed by atoms with Crippen LogP contribution >= 0.6 is 0 Å². The predicted octanol–water partition coefficient (Wildman–Crippen LogP) is 5.00. The van der Waals surface area contributed by atoms with Crippen molar-refractivity contribution in [1.82, 2.24) is 4.98 Å². The van der Waals surface area contributed by atoms with Crippen molar-refractivity contribution in [1.29, 1.82) is 0 Å². The summed E-state index contributed by atoms with van der Waals surface area (Å²) in [7, 11) is 0. The van der Waals surface area contributed by atoms with E-state index in [0.29, 0.717) is 0 Å². The van der Waals surface area contributed by atoms with E-state index in [0.717, 1.165) is 17.7 Å². The molecule has 0 unspecified atom stereocenters. The fourth-order valence-electron chi connectivity index (χ4n) is 2.58. The predicted molar refractivity (Wildman–Crippen MR) is 108 cm³/mol. The van der Waals surface area contributed by atoms with Gasteiger partial charge in [-0.2, -0.15) is 13.2 Å². The molecule has 0 saturated carbocycles. The highest BCUT2D eigenvalue weighted by Gasteiger charge is 2.30. The summed E-state index contributed by atoms with van der Waals surface area (Å²) in [5.41, 5.74) is 0.235. The Morgan fingerprint density at radius 1 is 0.900 bits per heavy atom. The molecule has 2 N–H and O–H groups in total. The number of nitrogens with one attached hydrogen (secondary N) is 2. The molecule has 0 spiro atoms. The van der Waals surface area contributed by atoms with Gasteiger partial charge in [0, 0.05) is 24.2 Å². The van der Waals surface area contributed by atoms with Crippen LogP contribution in [0.15, 0.2) is 79.1 Å². The highest BCUT2D eigenvalue weighted by Crippen LogP contribution is 2.31. The summed E-state index contributed by atoms with van der Waals surface area (Å²) in [5, 5.41) is 5.03. The first kappa shape index (κ1) is 20.8. The van der Waals surface area contributed by atoms with Crippen LogP contribution in [0, 0.1) is 0 Å². The first-order chi connectivity index (χ1) is 14.3. The van der Waals surface area contributed by atoms with E-state index in [1.807, 2.05) is 0 Å². The van der Waals surface area contributed by atoms with Gasteiger partial charge in [0.2, 0.25) is 5.91 Å². The van der Waals surface area contributed by atoms with Crippen molar-refractivity contribution in [2.75, 3.05) is 10.6 Å². The average Bonchev–Trinajstić information content (AvgIpc) is 2.73. The van der Waals surface area contributed by atoms with Gasteiger partial charge < -0.3 is 10.6 Å². The van der Waals surface area contributed by atoms with E-state index in [-0.39, 0.29) is 16.9 Å². The summed E-state index contributed by atoms with van der Waals surface area (Å²) in [4.78, 5) is 28.7. The number of rotatable bonds is 5. The minimum atomic E-state index is -4.52. The van der Waals surface area contributed by atoms with Crippen LogP contribution in [0.2, 0.25) is 0 Å². The van der Waals surface area contributed by atoms with E-state index < -0.39 is 23.6 Å². The fourth-order valence-corrected chi connectivity index (χ4v) is 2.58. The van der Waals surface area contributed by atoms with E-state index >= 15 is 0 Å². The number of pyridine rings is 1. The van der Waals surface area contributed by atoms with Gasteiger partial charge >= 0.3 is 6.18 Å². The van der Waals surface area contributed by atoms with Crippen molar-refractivity contribution in [3.8, 4) is 0 Å². The summed E-state index contributed by atoms with van der Waals surface area (Å²) in [6.07, 6.45) is 1.54. The number of benzene rings is 2. The van der Waals surface area contributed by atoms with Gasteiger partial charge in [0.15, 0.2) is 0 Å². The van der Waals surface area contributed by atoms with Crippen LogP contribution < -0.4 is 10.6 Å². The minimum Gasteiger partial charge on any atom is -0.322 e. The second kappa shape index (κ2) is 9.04. The Bertz CT molecular complexity index is 1080. The molecule has 0 fully saturated rings. The van der Waals surface area contributed by atoms with Crippen molar-refractivity contribution >= 4 is 29.3 Å². The van der Waals surface area contributed by atoms with Crippen molar-refractivity contribution in [3.05, 3.63) is 95.8 Å². The maximum Gasteiger partial charge on any atom is 0.416 e. The number of anilines is 2. The zero-order valence-corrected chi connectivity index (χ0v) is 15.5. The highest BCUT2D eigenvalue weighted by atomic mass is 19.4. The van der Waals surface area contributed by atoms with Crippen LogP contribution in [0.3, 0.4) is 0 Å². The highest BCUT2D eigenvalue weighted by molar-refractivity contribution is 6.11. The molecular formula is C22H16F3N3O2. The van der Waals surface area contributed by atoms with Crippen LogP contribution in [0.1, 0.15) is 21.5 Å². The second-order valence-electron chi connectivity index (χ2n) is 6.18. The molecule has 0 bridgehead atoms. The van der Waals surface area contributed by atoms with Crippen LogP contribution in [-0.2, 0) is 11.0 Å². The maximum absolute atomic E-state index is 12.9. The Kier molecular flexibility index (Phi) is 6.26. The first-order valence-corrected chi connectivity index (χ1v) is 8.80. The van der Waals surface area contributed by atoms with Gasteiger partial charge in [0.25, 0.3) is 5.91 Å². The average molecular weight is 411 g/mol. The number of halogens is 3. The normalized spacial score (nSPS) is 11.3. The van der Waals surface area contributed by atoms with Crippen molar-refractivity contribution in [2.45, 2.75) is 6.18 Å². The van der Waals surface area contributed by atoms with E-state index in [9.17, 15) is 22.8 Å². The van der Waals surface area contributed by atoms with Crippen LogP contribution in [0.4, 0.5) is 24.5 Å². The Hall–Kier alpha value is -3.94. The Labute approximate surface area is 170 Å². The quantitative estimate of drug-likeness (QED) is 0.580. The van der Waals surface area contributed by atoms with Crippen LogP contribution in [-0.4, -0.2) is 16.8 Å². The van der Waals surface area contributed by atoms with Crippen LogP contribution in [0.5, 0.6) is 0 Å². The lowest BCUT2D eigenvalue weighted by Gasteiger charge is -2.12. The molecule has 3 rings (SSSR count). The number of carbonyl (C=O) groups is 2. The molecule has 152 valence electrons. The largest absolute Gasteiger partial charge is 0.416 e. The molecule has 2 amide bonds. The number of hydrogen-bond acceptors (Lipinski definition) is 3. The molecule has 3 aromatic rings. The van der Waals surface area contributed by atoms with Crippen molar-refractivity contribution in [3.63, 3.8) is 0 Å². The zero-order valence-electron chi connectivity index (χ0n) is 15.5. The van der Waals surface area contributed by atoms with E-state index in [2.05, 4.69) is 15.6 Å². The minimum absolute atomic E-state index is 0.00598. The molecule has 30 heavy (non-hydrogen) atoms. The second-order valence-corrected chi connectivity index (χ2v) is 6.18. The van der Waals surface area contributed by atoms with Gasteiger partial charge in [-0.1, -0.05) is 18.2 Å². The molecule has 0 aliphatic rings. The molecule has 1 heterocycles. The van der Waals surface area contributed by atoms with Gasteiger partial charge in [-0.25, -0.2) is 0 Å². The molecule has 5 nitrogen and oxygen atoms in total. The smallest absolute Gasteiger partial charge is 0.322 e. The van der Waals surface area contributed by atoms with Gasteiger partial charge in [0.05, 0.1) is 16.8 Å². The first-order valence-electron chi connectivity index (χ1n) is 8.80. The molecule has 8 heteroatoms. The Morgan fingerprint density at radius 3 is 2.37 bits per heavy atom. The number of hydrogen-bond donors (Lipinski definition) is 2. The molecule has 0 atom stereocenters. The third-order valence-corrected chi connectivity index (χ3v) is 4.01. The third kappa shape index (κ3) is 5.54. The molecule has 0 radical (unpaired) electrons. The van der Waals surface area contributed by atoms with Crippen LogP contribution in [0.25, 0.3) is 6.08 Å². The fraction of sp³-hybridized carbons (Fsp3) is 0.0455. The van der Waals surface area contributed by atoms with Gasteiger partial charge in [0.1, 0.15) is 0 Å². The lowest BCUT2D eigenvalue weighted by atomic mass is 10.1. The summed E-state index contributed by atoms with van der Waals surface area (Å²) >= 11 is 0. The van der Waals surface area contributed by atoms with Gasteiger partial charge in [-0.3, -0.25) is 14.6 Å². The number of para-hydroxylation sites is 1. The molecule has 1 aromatic heterocycles. The van der Waals surface area contributed by atoms with E-state index in [1.54, 1.807) is 42.7 Å². The number of carbonyl (C=O) groups excluding carboxylic acids is 2. The van der Waals surface area contributed by atoms with E-state index in [1.165, 1.54) is 30.3 Å². The molecule has 0 saturated heterocycles. The number of aromatic nitrogens is 1. The Balaban J connectivity index is 1.74. The molecule has 0 aliphatic heterocycles. The summed E-state index contributed by atoms with van der Waals surface area (Å²) in [6, 6.07) is 14.0. The van der Waals surface area contributed by atoms with E-state index in [4.69, 9.17) is 0 Å². The number of nitrogens with zero attached hydrogens (tertiary/aromatic N) is 1. The zero-order chi connectivity index (χ0) is 21.6. The maximum atomic E-state index is 12.9. The number of amides is 2. The Morgan fingerprint density at radius 2 is 1.63 bits per heavy atom. The van der Waals surface area contributed by atoms with Crippen molar-refractivity contribution in [2.24, 2.45) is 0 Å². The third-order valence-electron chi connectivity index (χ3n) is 4.01. The SMILES string of the molecule is O=C(C=Cc1ccncc1)Nc1ccccc1C(=O)Nc1cccc(C(F)(F)F)c1. The summed E-state index contributed by atoms with van der Waals surface area (Å²) in [6.45, 7) is 0. The van der Waals surface area contributed by atoms with Gasteiger partial charge in [-0.05, 0) is 54.1 Å². The molecule has 2 aromatic carbocycles. The summed E-state index contributed by atoms with van der Waals surface area (Å²) < 4.78 is 38.6. The van der Waals surface area contributed by atoms with Crippen molar-refractivity contribution < 1.29 is 22.8 Å². The lowest BCUT2D eigenvalue weighted by Crippen LogP contribution is -2.17.